The summed E-state index contributed by atoms with van der Waals surface area (Å²) in [6.45, 7) is 6.37. The molecule has 5 nitrogen and oxygen atoms in total. The summed E-state index contributed by atoms with van der Waals surface area (Å²) in [7, 11) is 0. The minimum Gasteiger partial charge on any atom is -0.489 e. The Morgan fingerprint density at radius 3 is 2.56 bits per heavy atom. The highest BCUT2D eigenvalue weighted by Crippen LogP contribution is 2.35. The number of esters is 1. The first kappa shape index (κ1) is 25.4. The van der Waals surface area contributed by atoms with Gasteiger partial charge in [-0.1, -0.05) is 18.2 Å². The van der Waals surface area contributed by atoms with Crippen LogP contribution in [0.1, 0.15) is 43.5 Å². The van der Waals surface area contributed by atoms with E-state index in [0.717, 1.165) is 22.0 Å². The molecule has 2 N–H and O–H groups in total. The van der Waals surface area contributed by atoms with Crippen molar-refractivity contribution in [2.75, 3.05) is 6.61 Å². The molecule has 188 valence electrons. The Morgan fingerprint density at radius 1 is 1.03 bits per heavy atom. The molecule has 36 heavy (non-hydrogen) atoms. The largest absolute Gasteiger partial charge is 0.489 e. The minimum atomic E-state index is -0.463. The first-order chi connectivity index (χ1) is 17.3. The summed E-state index contributed by atoms with van der Waals surface area (Å²) < 4.78 is 42.4. The van der Waals surface area contributed by atoms with Crippen molar-refractivity contribution in [2.45, 2.75) is 46.4 Å². The lowest BCUT2D eigenvalue weighted by molar-refractivity contribution is -0.142. The van der Waals surface area contributed by atoms with Crippen LogP contribution in [0.15, 0.2) is 60.8 Å². The fourth-order valence-corrected chi connectivity index (χ4v) is 4.38. The molecule has 4 aromatic rings. The molecule has 0 bridgehead atoms. The van der Waals surface area contributed by atoms with Gasteiger partial charge in [0.05, 0.1) is 13.0 Å². The Morgan fingerprint density at radius 2 is 1.83 bits per heavy atom. The maximum atomic E-state index is 15.3. The summed E-state index contributed by atoms with van der Waals surface area (Å²) in [5, 5.41) is 0.922. The van der Waals surface area contributed by atoms with E-state index in [1.165, 1.54) is 18.2 Å². The maximum absolute atomic E-state index is 15.3. The highest BCUT2D eigenvalue weighted by molar-refractivity contribution is 5.96. The second kappa shape index (κ2) is 10.9. The molecule has 1 aromatic heterocycles. The minimum absolute atomic E-state index is 0.0987. The summed E-state index contributed by atoms with van der Waals surface area (Å²) in [5.74, 6) is -0.870. The van der Waals surface area contributed by atoms with Crippen molar-refractivity contribution in [2.24, 2.45) is 5.73 Å². The summed E-state index contributed by atoms with van der Waals surface area (Å²) in [4.78, 5) is 12.0. The van der Waals surface area contributed by atoms with Crippen molar-refractivity contribution in [3.8, 4) is 16.9 Å². The van der Waals surface area contributed by atoms with Crippen LogP contribution in [-0.4, -0.2) is 17.1 Å². The first-order valence-electron chi connectivity index (χ1n) is 12.0. The van der Waals surface area contributed by atoms with Gasteiger partial charge >= 0.3 is 5.97 Å². The van der Waals surface area contributed by atoms with Crippen LogP contribution in [0.5, 0.6) is 5.75 Å². The van der Waals surface area contributed by atoms with Crippen LogP contribution in [0, 0.1) is 11.6 Å². The summed E-state index contributed by atoms with van der Waals surface area (Å²) in [6, 6.07) is 15.4. The molecule has 0 atom stereocenters. The van der Waals surface area contributed by atoms with Gasteiger partial charge in [0.2, 0.25) is 0 Å². The predicted octanol–water partition coefficient (Wildman–Crippen LogP) is 6.31. The van der Waals surface area contributed by atoms with Gasteiger partial charge in [-0.05, 0) is 68.3 Å². The Hall–Kier alpha value is -3.71. The number of hydrogen-bond acceptors (Lipinski definition) is 4. The van der Waals surface area contributed by atoms with Gasteiger partial charge in [0.15, 0.2) is 0 Å². The molecule has 3 aromatic carbocycles. The van der Waals surface area contributed by atoms with Gasteiger partial charge in [-0.3, -0.25) is 4.79 Å². The number of halogens is 2. The Kier molecular flexibility index (Phi) is 7.70. The summed E-state index contributed by atoms with van der Waals surface area (Å²) in [5.41, 5.74) is 9.56. The normalized spacial score (nSPS) is 11.3. The van der Waals surface area contributed by atoms with E-state index in [-0.39, 0.29) is 38.0 Å². The second-order valence-electron chi connectivity index (χ2n) is 8.90. The van der Waals surface area contributed by atoms with E-state index >= 15 is 4.39 Å². The number of hydrogen-bond donors (Lipinski definition) is 1. The number of carbonyl (C=O) groups excluding carboxylic acids is 1. The van der Waals surface area contributed by atoms with E-state index in [2.05, 4.69) is 18.4 Å². The molecular weight excluding hydrogens is 462 g/mol. The molecule has 4 rings (SSSR count). The molecule has 0 radical (unpaired) electrons. The molecule has 0 amide bonds. The zero-order chi connectivity index (χ0) is 25.8. The van der Waals surface area contributed by atoms with Crippen LogP contribution in [0.25, 0.3) is 22.0 Å². The van der Waals surface area contributed by atoms with Gasteiger partial charge in [-0.25, -0.2) is 8.78 Å². The molecule has 7 heteroatoms. The molecular formula is C29H30F2N2O3. The topological polar surface area (TPSA) is 66.5 Å². The molecule has 0 unspecified atom stereocenters. The number of ether oxygens (including phenoxy) is 2. The molecule has 0 aliphatic rings. The third-order valence-corrected chi connectivity index (χ3v) is 6.10. The average molecular weight is 493 g/mol. The van der Waals surface area contributed by atoms with E-state index in [9.17, 15) is 9.18 Å². The lowest BCUT2D eigenvalue weighted by Crippen LogP contribution is -2.09. The molecule has 0 saturated heterocycles. The lowest BCUT2D eigenvalue weighted by atomic mass is 9.96. The van der Waals surface area contributed by atoms with E-state index < -0.39 is 11.8 Å². The van der Waals surface area contributed by atoms with Crippen molar-refractivity contribution in [1.82, 2.24) is 4.57 Å². The van der Waals surface area contributed by atoms with Crippen LogP contribution < -0.4 is 10.5 Å². The number of carbonyl (C=O) groups is 1. The van der Waals surface area contributed by atoms with Crippen molar-refractivity contribution in [3.63, 3.8) is 0 Å². The predicted molar refractivity (Wildman–Crippen MR) is 137 cm³/mol. The molecule has 0 aliphatic carbocycles. The van der Waals surface area contributed by atoms with Gasteiger partial charge in [0, 0.05) is 46.4 Å². The van der Waals surface area contributed by atoms with Crippen LogP contribution >= 0.6 is 0 Å². The van der Waals surface area contributed by atoms with E-state index in [1.807, 2.05) is 24.4 Å². The third kappa shape index (κ3) is 5.26. The highest BCUT2D eigenvalue weighted by atomic mass is 19.1. The van der Waals surface area contributed by atoms with Crippen LogP contribution in [0.2, 0.25) is 0 Å². The quantitative estimate of drug-likeness (QED) is 0.278. The first-order valence-corrected chi connectivity index (χ1v) is 12.0. The molecule has 0 saturated carbocycles. The maximum Gasteiger partial charge on any atom is 0.310 e. The number of aromatic nitrogens is 1. The molecule has 1 heterocycles. The second-order valence-corrected chi connectivity index (χ2v) is 8.90. The van der Waals surface area contributed by atoms with Crippen molar-refractivity contribution < 1.29 is 23.0 Å². The summed E-state index contributed by atoms with van der Waals surface area (Å²) >= 11 is 0. The fourth-order valence-electron chi connectivity index (χ4n) is 4.38. The molecule has 0 fully saturated rings. The Labute approximate surface area is 209 Å². The third-order valence-electron chi connectivity index (χ3n) is 6.10. The van der Waals surface area contributed by atoms with Crippen molar-refractivity contribution in [3.05, 3.63) is 89.1 Å². The molecule has 0 spiro atoms. The van der Waals surface area contributed by atoms with E-state index in [1.54, 1.807) is 25.1 Å². The van der Waals surface area contributed by atoms with Gasteiger partial charge in [-0.2, -0.15) is 0 Å². The zero-order valence-corrected chi connectivity index (χ0v) is 20.7. The molecule has 0 aliphatic heterocycles. The van der Waals surface area contributed by atoms with Crippen molar-refractivity contribution >= 4 is 16.9 Å². The van der Waals surface area contributed by atoms with E-state index in [0.29, 0.717) is 22.4 Å². The van der Waals surface area contributed by atoms with Crippen LogP contribution in [0.4, 0.5) is 8.78 Å². The van der Waals surface area contributed by atoms with Gasteiger partial charge < -0.3 is 19.8 Å². The van der Waals surface area contributed by atoms with Crippen molar-refractivity contribution in [1.29, 1.82) is 0 Å². The number of nitrogens with two attached hydrogens (primary N) is 1. The van der Waals surface area contributed by atoms with Crippen LogP contribution in [-0.2, 0) is 29.1 Å². The highest BCUT2D eigenvalue weighted by Gasteiger charge is 2.17. The van der Waals surface area contributed by atoms with E-state index in [4.69, 9.17) is 15.2 Å². The van der Waals surface area contributed by atoms with Gasteiger partial charge in [0.1, 0.15) is 24.0 Å². The van der Waals surface area contributed by atoms with Crippen LogP contribution in [0.3, 0.4) is 0 Å². The Bertz CT molecular complexity index is 1400. The zero-order valence-electron chi connectivity index (χ0n) is 20.7. The average Bonchev–Trinajstić information content (AvgIpc) is 3.28. The Balaban J connectivity index is 1.75. The number of fused-ring (bicyclic) bond motifs is 1. The number of rotatable bonds is 9. The van der Waals surface area contributed by atoms with Gasteiger partial charge in [0.25, 0.3) is 0 Å². The smallest absolute Gasteiger partial charge is 0.310 e. The van der Waals surface area contributed by atoms with Gasteiger partial charge in [-0.15, -0.1) is 0 Å². The standard InChI is InChI=1S/C29H30F2N2O3/c1-4-35-28(34)15-21-14-22(30)8-9-27(21)36-17-19-12-25(24-7-5-6-20(16-32)29(24)31)23-10-11-33(18(2)3)26(23)13-19/h5-14,18H,4,15-17,32H2,1-3H3. The monoisotopic (exact) mass is 492 g/mol. The summed E-state index contributed by atoms with van der Waals surface area (Å²) in [6.07, 6.45) is 1.89. The number of nitrogens with zero attached hydrogens (tertiary/aromatic N) is 1. The lowest BCUT2D eigenvalue weighted by Gasteiger charge is -2.16. The number of benzene rings is 3. The SMILES string of the molecule is CCOC(=O)Cc1cc(F)ccc1OCc1cc(-c2cccc(CN)c2F)c2ccn(C(C)C)c2c1. The fraction of sp³-hybridized carbons (Fsp3) is 0.276.